The second kappa shape index (κ2) is 14.6. The molecule has 20 heteroatoms. The Hall–Kier alpha value is -5.40. The first-order valence-electron chi connectivity index (χ1n) is 16.0. The van der Waals surface area contributed by atoms with Crippen molar-refractivity contribution in [3.8, 4) is 11.5 Å². The fourth-order valence-electron chi connectivity index (χ4n) is 6.44. The number of benzene rings is 1. The third-order valence-electron chi connectivity index (χ3n) is 9.03. The van der Waals surface area contributed by atoms with Crippen LogP contribution >= 0.6 is 34.7 Å². The summed E-state index contributed by atoms with van der Waals surface area (Å²) in [6.07, 6.45) is 1.92. The number of hydrogen-bond acceptors (Lipinski definition) is 13. The largest absolute Gasteiger partial charge is 0.504 e. The van der Waals surface area contributed by atoms with Crippen LogP contribution in [0.2, 0.25) is 5.02 Å². The lowest BCUT2D eigenvalue weighted by atomic mass is 9.90. The minimum absolute atomic E-state index is 0.0411. The van der Waals surface area contributed by atoms with Crippen molar-refractivity contribution in [2.75, 3.05) is 18.0 Å². The number of hydrogen-bond donors (Lipinski definition) is 7. The third kappa shape index (κ3) is 7.18. The number of β-lactam (4-membered cyclic amide) rings is 1. The standard InChI is InChI=1S/C33H32ClN7O10S2/c1-33(2)8-7-14-4-3-9-40(25(14)33)11-15-12-52-29-22(28(46)41(29)23(15)31(49)50)38-27(45)21(17-13-53-32(35)37-17)39-51-19(30(47)48)10-36-26(44)16-5-6-18(42)24(43)20(16)34/h3-6,9,13,19,22,29H,7-8,10-12H2,1-2H3,(H7-,35,36,37,38,39,42,43,44,45,47,48,49,50)/p+1/t19-,22+,29+/m0/s1. The summed E-state index contributed by atoms with van der Waals surface area (Å²) < 4.78 is 2.04. The van der Waals surface area contributed by atoms with Crippen LogP contribution in [0, 0.1) is 0 Å². The van der Waals surface area contributed by atoms with Gasteiger partial charge in [0.15, 0.2) is 40.8 Å². The summed E-state index contributed by atoms with van der Waals surface area (Å²) in [6.45, 7) is 3.87. The van der Waals surface area contributed by atoms with Crippen molar-refractivity contribution in [3.05, 3.63) is 74.6 Å². The van der Waals surface area contributed by atoms with Crippen LogP contribution in [0.4, 0.5) is 5.13 Å². The number of fused-ring (bicyclic) bond motifs is 2. The number of rotatable bonds is 12. The highest BCUT2D eigenvalue weighted by Crippen LogP contribution is 2.41. The van der Waals surface area contributed by atoms with Gasteiger partial charge in [-0.25, -0.2) is 14.6 Å². The molecule has 2 aromatic heterocycles. The van der Waals surface area contributed by atoms with Gasteiger partial charge in [0.1, 0.15) is 22.8 Å². The lowest BCUT2D eigenvalue weighted by molar-refractivity contribution is -0.699. The number of oxime groups is 1. The Morgan fingerprint density at radius 1 is 1.23 bits per heavy atom. The molecular weight excluding hydrogens is 754 g/mol. The average molecular weight is 787 g/mol. The molecule has 3 amide bonds. The lowest BCUT2D eigenvalue weighted by Gasteiger charge is -2.49. The number of amides is 3. The number of carbonyl (C=O) groups is 5. The van der Waals surface area contributed by atoms with Crippen LogP contribution in [-0.2, 0) is 42.4 Å². The van der Waals surface area contributed by atoms with Crippen LogP contribution in [0.25, 0.3) is 0 Å². The van der Waals surface area contributed by atoms with E-state index in [4.69, 9.17) is 22.2 Å². The zero-order valence-electron chi connectivity index (χ0n) is 28.0. The SMILES string of the molecule is CC1(C)CCc2ccc[n+](CC3=C(C(=O)O)N4C(=O)[C@@H](NC(=O)/C(=N\O[C@@H](CNC(=O)c5ccc(O)c(O)c5Cl)C(=O)O)c5csc(N)n5)[C@H]4SC3)c21. The number of nitrogens with zero attached hydrogens (tertiary/aromatic N) is 4. The van der Waals surface area contributed by atoms with E-state index in [1.807, 2.05) is 16.8 Å². The molecule has 0 unspecified atom stereocenters. The molecule has 2 aliphatic heterocycles. The molecule has 3 aromatic rings. The van der Waals surface area contributed by atoms with Gasteiger partial charge in [-0.3, -0.25) is 19.3 Å². The average Bonchev–Trinajstić information content (AvgIpc) is 3.68. The van der Waals surface area contributed by atoms with Crippen LogP contribution in [0.3, 0.4) is 0 Å². The van der Waals surface area contributed by atoms with E-state index in [2.05, 4.69) is 40.7 Å². The number of aryl methyl sites for hydroxylation is 1. The molecule has 0 saturated carbocycles. The number of thioether (sulfide) groups is 1. The number of aromatic nitrogens is 2. The number of phenols is 2. The number of carbonyl (C=O) groups excluding carboxylic acids is 3. The van der Waals surface area contributed by atoms with Gasteiger partial charge in [-0.2, -0.15) is 4.57 Å². The molecule has 1 fully saturated rings. The lowest BCUT2D eigenvalue weighted by Crippen LogP contribution is -2.71. The molecule has 17 nitrogen and oxygen atoms in total. The number of anilines is 1. The molecule has 0 spiro atoms. The number of nitrogen functional groups attached to an aromatic ring is 1. The highest BCUT2D eigenvalue weighted by atomic mass is 35.5. The number of thiazole rings is 1. The predicted molar refractivity (Wildman–Crippen MR) is 190 cm³/mol. The molecule has 0 radical (unpaired) electrons. The summed E-state index contributed by atoms with van der Waals surface area (Å²) in [7, 11) is 0. The number of pyridine rings is 1. The molecule has 8 N–H and O–H groups in total. The Kier molecular flexibility index (Phi) is 10.3. The van der Waals surface area contributed by atoms with E-state index in [0.29, 0.717) is 5.57 Å². The fourth-order valence-corrected chi connectivity index (χ4v) is 8.57. The van der Waals surface area contributed by atoms with Crippen molar-refractivity contribution in [3.63, 3.8) is 0 Å². The Morgan fingerprint density at radius 2 is 1.98 bits per heavy atom. The van der Waals surface area contributed by atoms with Crippen molar-refractivity contribution >= 4 is 75.2 Å². The van der Waals surface area contributed by atoms with Gasteiger partial charge in [-0.15, -0.1) is 23.1 Å². The molecule has 3 aliphatic rings. The van der Waals surface area contributed by atoms with Gasteiger partial charge in [0.25, 0.3) is 17.7 Å². The Labute approximate surface area is 314 Å². The second-order valence-corrected chi connectivity index (χ2v) is 15.3. The number of halogens is 1. The summed E-state index contributed by atoms with van der Waals surface area (Å²) in [6, 6.07) is 4.94. The first-order valence-corrected chi connectivity index (χ1v) is 18.3. The van der Waals surface area contributed by atoms with E-state index in [0.717, 1.165) is 46.9 Å². The van der Waals surface area contributed by atoms with Crippen molar-refractivity contribution < 1.29 is 53.8 Å². The summed E-state index contributed by atoms with van der Waals surface area (Å²) in [5.74, 6) is -6.48. The monoisotopic (exact) mass is 786 g/mol. The number of nitrogens with one attached hydrogen (secondary N) is 2. The Bertz CT molecular complexity index is 2120. The molecular formula is C33H33ClN7O10S2+. The molecule has 3 atom stereocenters. The normalized spacial score (nSPS) is 19.5. The number of carboxylic acids is 2. The topological polar surface area (TPSA) is 258 Å². The molecule has 0 bridgehead atoms. The zero-order valence-corrected chi connectivity index (χ0v) is 30.4. The number of aromatic hydroxyl groups is 2. The van der Waals surface area contributed by atoms with Crippen LogP contribution in [0.15, 0.2) is 52.3 Å². The van der Waals surface area contributed by atoms with Crippen LogP contribution < -0.4 is 20.9 Å². The molecule has 278 valence electrons. The number of carboxylic acid groups (broad SMARTS) is 2. The van der Waals surface area contributed by atoms with Crippen LogP contribution in [0.1, 0.15) is 47.6 Å². The minimum atomic E-state index is -1.85. The molecule has 1 aromatic carbocycles. The van der Waals surface area contributed by atoms with Gasteiger partial charge in [-0.05, 0) is 44.9 Å². The quantitative estimate of drug-likeness (QED) is 0.0450. The van der Waals surface area contributed by atoms with E-state index >= 15 is 0 Å². The fraction of sp³-hybridized carbons (Fsp3) is 0.333. The molecule has 1 aliphatic carbocycles. The van der Waals surface area contributed by atoms with Gasteiger partial charge >= 0.3 is 11.9 Å². The highest BCUT2D eigenvalue weighted by molar-refractivity contribution is 8.00. The van der Waals surface area contributed by atoms with Crippen molar-refractivity contribution in [1.82, 2.24) is 20.5 Å². The maximum atomic E-state index is 13.6. The predicted octanol–water partition coefficient (Wildman–Crippen LogP) is 1.34. The summed E-state index contributed by atoms with van der Waals surface area (Å²) in [5.41, 5.74) is 7.45. The van der Waals surface area contributed by atoms with Crippen molar-refractivity contribution in [2.24, 2.45) is 5.16 Å². The van der Waals surface area contributed by atoms with Crippen molar-refractivity contribution in [1.29, 1.82) is 0 Å². The Balaban J connectivity index is 1.18. The minimum Gasteiger partial charge on any atom is -0.504 e. The maximum absolute atomic E-state index is 13.6. The summed E-state index contributed by atoms with van der Waals surface area (Å²) >= 11 is 8.15. The van der Waals surface area contributed by atoms with E-state index in [1.165, 1.54) is 22.7 Å². The second-order valence-electron chi connectivity index (χ2n) is 13.0. The van der Waals surface area contributed by atoms with Crippen LogP contribution in [0.5, 0.6) is 11.5 Å². The number of nitrogens with two attached hydrogens (primary N) is 1. The Morgan fingerprint density at radius 3 is 2.66 bits per heavy atom. The van der Waals surface area contributed by atoms with E-state index in [-0.39, 0.29) is 39.8 Å². The van der Waals surface area contributed by atoms with Gasteiger partial charge in [0.2, 0.25) is 6.10 Å². The van der Waals surface area contributed by atoms with E-state index in [1.54, 1.807) is 0 Å². The zero-order chi connectivity index (χ0) is 38.4. The van der Waals surface area contributed by atoms with Crippen LogP contribution in [-0.4, -0.2) is 95.5 Å². The van der Waals surface area contributed by atoms with Gasteiger partial charge in [0, 0.05) is 33.8 Å². The number of aliphatic carboxylic acids is 2. The molecule has 4 heterocycles. The van der Waals surface area contributed by atoms with Crippen molar-refractivity contribution in [2.45, 2.75) is 56.2 Å². The first kappa shape index (κ1) is 37.4. The molecule has 6 rings (SSSR count). The summed E-state index contributed by atoms with van der Waals surface area (Å²) in [5, 5.41) is 48.1. The first-order chi connectivity index (χ1) is 25.1. The number of phenolic OH excluding ortho intramolecular Hbond substituents is 2. The van der Waals surface area contributed by atoms with Gasteiger partial charge in [0.05, 0.1) is 17.1 Å². The summed E-state index contributed by atoms with van der Waals surface area (Å²) in [4.78, 5) is 74.7. The molecule has 53 heavy (non-hydrogen) atoms. The smallest absolute Gasteiger partial charge is 0.352 e. The maximum Gasteiger partial charge on any atom is 0.352 e. The van der Waals surface area contributed by atoms with Gasteiger partial charge < -0.3 is 41.6 Å². The third-order valence-corrected chi connectivity index (χ3v) is 11.4. The van der Waals surface area contributed by atoms with Gasteiger partial charge in [-0.1, -0.05) is 16.8 Å². The van der Waals surface area contributed by atoms with E-state index < -0.39 is 76.0 Å². The van der Waals surface area contributed by atoms with E-state index in [9.17, 15) is 44.4 Å². The molecule has 1 saturated heterocycles. The highest BCUT2D eigenvalue weighted by Gasteiger charge is 2.55.